The zero-order valence-corrected chi connectivity index (χ0v) is 16.7. The molecule has 1 aromatic carbocycles. The largest absolute Gasteiger partial charge is 0.452 e. The number of hydrogen-bond acceptors (Lipinski definition) is 4. The Bertz CT molecular complexity index is 866. The van der Waals surface area contributed by atoms with Gasteiger partial charge < -0.3 is 9.64 Å². The van der Waals surface area contributed by atoms with E-state index >= 15 is 0 Å². The zero-order valence-electron chi connectivity index (χ0n) is 16.0. The molecule has 0 radical (unpaired) electrons. The van der Waals surface area contributed by atoms with Gasteiger partial charge in [-0.05, 0) is 56.9 Å². The monoisotopic (exact) mass is 407 g/mol. The molecule has 0 aliphatic carbocycles. The summed E-state index contributed by atoms with van der Waals surface area (Å²) in [6.07, 6.45) is 3.94. The van der Waals surface area contributed by atoms with Crippen LogP contribution in [0.15, 0.2) is 24.3 Å². The molecule has 0 saturated carbocycles. The fourth-order valence-corrected chi connectivity index (χ4v) is 3.87. The Kier molecular flexibility index (Phi) is 6.34. The van der Waals surface area contributed by atoms with Crippen LogP contribution in [-0.2, 0) is 9.53 Å². The number of likely N-dealkylation sites (tertiary alicyclic amines) is 1. The number of aryl methyl sites for hydroxylation is 1. The van der Waals surface area contributed by atoms with Crippen LogP contribution in [0.2, 0.25) is 5.15 Å². The number of hydrogen-bond donors (Lipinski definition) is 0. The normalized spacial score (nSPS) is 16.9. The van der Waals surface area contributed by atoms with E-state index in [-0.39, 0.29) is 35.1 Å². The van der Waals surface area contributed by atoms with Crippen molar-refractivity contribution in [3.05, 3.63) is 46.5 Å². The van der Waals surface area contributed by atoms with E-state index in [1.54, 1.807) is 11.8 Å². The molecule has 1 aromatic heterocycles. The first kappa shape index (κ1) is 20.3. The Balaban J connectivity index is 1.71. The number of halogens is 2. The summed E-state index contributed by atoms with van der Waals surface area (Å²) in [5.41, 5.74) is 0.990. The number of nitrogens with zero attached hydrogens (tertiary/aromatic N) is 3. The summed E-state index contributed by atoms with van der Waals surface area (Å²) < 4.78 is 19.7. The second kappa shape index (κ2) is 8.73. The van der Waals surface area contributed by atoms with Crippen molar-refractivity contribution in [3.8, 4) is 5.69 Å². The van der Waals surface area contributed by atoms with E-state index in [1.807, 2.05) is 0 Å². The lowest BCUT2D eigenvalue weighted by Crippen LogP contribution is -2.45. The highest BCUT2D eigenvalue weighted by Gasteiger charge is 2.28. The minimum Gasteiger partial charge on any atom is -0.452 e. The van der Waals surface area contributed by atoms with Crippen LogP contribution in [0.5, 0.6) is 0 Å². The van der Waals surface area contributed by atoms with Crippen molar-refractivity contribution >= 4 is 23.5 Å². The Morgan fingerprint density at radius 2 is 2.00 bits per heavy atom. The van der Waals surface area contributed by atoms with Crippen molar-refractivity contribution in [2.24, 2.45) is 0 Å². The van der Waals surface area contributed by atoms with Gasteiger partial charge in [-0.25, -0.2) is 13.9 Å². The van der Waals surface area contributed by atoms with E-state index in [1.165, 1.54) is 28.9 Å². The van der Waals surface area contributed by atoms with E-state index < -0.39 is 5.97 Å². The highest BCUT2D eigenvalue weighted by molar-refractivity contribution is 6.33. The highest BCUT2D eigenvalue weighted by atomic mass is 35.5. The molecule has 1 atom stereocenters. The van der Waals surface area contributed by atoms with Crippen molar-refractivity contribution in [1.82, 2.24) is 14.7 Å². The lowest BCUT2D eigenvalue weighted by molar-refractivity contribution is -0.138. The summed E-state index contributed by atoms with van der Waals surface area (Å²) in [7, 11) is 0. The smallest absolute Gasteiger partial charge is 0.343 e. The highest BCUT2D eigenvalue weighted by Crippen LogP contribution is 2.25. The van der Waals surface area contributed by atoms with Gasteiger partial charge in [-0.3, -0.25) is 4.79 Å². The Morgan fingerprint density at radius 3 is 2.68 bits per heavy atom. The molecule has 0 spiro atoms. The maximum atomic E-state index is 13.1. The van der Waals surface area contributed by atoms with Gasteiger partial charge in [0.05, 0.1) is 11.4 Å². The molecule has 0 bridgehead atoms. The third kappa shape index (κ3) is 4.19. The predicted octanol–water partition coefficient (Wildman–Crippen LogP) is 3.92. The molecule has 1 saturated heterocycles. The van der Waals surface area contributed by atoms with Gasteiger partial charge in [-0.1, -0.05) is 18.5 Å². The third-order valence-electron chi connectivity index (χ3n) is 5.02. The average Bonchev–Trinajstić information content (AvgIpc) is 3.00. The minimum atomic E-state index is -0.700. The van der Waals surface area contributed by atoms with E-state index in [0.717, 1.165) is 25.7 Å². The maximum Gasteiger partial charge on any atom is 0.343 e. The fraction of sp³-hybridized carbons (Fsp3) is 0.450. The van der Waals surface area contributed by atoms with Crippen molar-refractivity contribution < 1.29 is 18.7 Å². The minimum absolute atomic E-state index is 0.0611. The van der Waals surface area contributed by atoms with Crippen LogP contribution in [0.4, 0.5) is 4.39 Å². The summed E-state index contributed by atoms with van der Waals surface area (Å²) in [6.45, 7) is 4.04. The van der Waals surface area contributed by atoms with Crippen LogP contribution in [0.25, 0.3) is 5.69 Å². The Morgan fingerprint density at radius 1 is 1.29 bits per heavy atom. The number of benzene rings is 1. The average molecular weight is 408 g/mol. The van der Waals surface area contributed by atoms with Gasteiger partial charge >= 0.3 is 5.97 Å². The zero-order chi connectivity index (χ0) is 20.3. The molecule has 1 aliphatic rings. The van der Waals surface area contributed by atoms with Gasteiger partial charge in [-0.2, -0.15) is 5.10 Å². The maximum absolute atomic E-state index is 13.1. The van der Waals surface area contributed by atoms with Gasteiger partial charge in [0.15, 0.2) is 6.61 Å². The number of rotatable bonds is 5. The number of amides is 1. The van der Waals surface area contributed by atoms with Crippen LogP contribution >= 0.6 is 11.6 Å². The van der Waals surface area contributed by atoms with E-state index in [2.05, 4.69) is 12.0 Å². The van der Waals surface area contributed by atoms with Gasteiger partial charge in [0.25, 0.3) is 5.91 Å². The number of aromatic nitrogens is 2. The van der Waals surface area contributed by atoms with Crippen LogP contribution < -0.4 is 0 Å². The van der Waals surface area contributed by atoms with Crippen LogP contribution in [0.3, 0.4) is 0 Å². The van der Waals surface area contributed by atoms with Crippen molar-refractivity contribution in [2.45, 2.75) is 45.6 Å². The first-order chi connectivity index (χ1) is 13.4. The molecule has 1 aliphatic heterocycles. The fourth-order valence-electron chi connectivity index (χ4n) is 3.52. The van der Waals surface area contributed by atoms with Crippen molar-refractivity contribution in [1.29, 1.82) is 0 Å². The topological polar surface area (TPSA) is 64.4 Å². The number of esters is 1. The Labute approximate surface area is 168 Å². The van der Waals surface area contributed by atoms with Gasteiger partial charge in [0.2, 0.25) is 0 Å². The Hall–Kier alpha value is -2.41. The standard InChI is InChI=1S/C20H23ClFN3O3/c1-3-15-6-4-5-11-24(15)17(26)12-28-20(27)18-13(2)23-25(19(18)21)16-9-7-14(22)8-10-16/h7-10,15H,3-6,11-12H2,1-2H3/t15-/m0/s1. The van der Waals surface area contributed by atoms with E-state index in [0.29, 0.717) is 17.9 Å². The van der Waals surface area contributed by atoms with Crippen LogP contribution in [0, 0.1) is 12.7 Å². The molecule has 28 heavy (non-hydrogen) atoms. The molecule has 6 nitrogen and oxygen atoms in total. The van der Waals surface area contributed by atoms with Crippen LogP contribution in [-0.4, -0.2) is 45.8 Å². The van der Waals surface area contributed by atoms with E-state index in [4.69, 9.17) is 16.3 Å². The molecule has 8 heteroatoms. The molecular weight excluding hydrogens is 385 g/mol. The summed E-state index contributed by atoms with van der Waals surface area (Å²) in [5, 5.41) is 4.30. The first-order valence-electron chi connectivity index (χ1n) is 9.40. The predicted molar refractivity (Wildman–Crippen MR) is 103 cm³/mol. The van der Waals surface area contributed by atoms with Gasteiger partial charge in [0.1, 0.15) is 16.5 Å². The molecule has 150 valence electrons. The molecule has 2 heterocycles. The molecule has 2 aromatic rings. The number of ether oxygens (including phenoxy) is 1. The molecule has 0 N–H and O–H groups in total. The summed E-state index contributed by atoms with van der Waals surface area (Å²) in [4.78, 5) is 26.8. The lowest BCUT2D eigenvalue weighted by atomic mass is 10.00. The molecule has 0 unspecified atom stereocenters. The SMILES string of the molecule is CC[C@H]1CCCCN1C(=O)COC(=O)c1c(C)nn(-c2ccc(F)cc2)c1Cl. The summed E-state index contributed by atoms with van der Waals surface area (Å²) >= 11 is 6.32. The van der Waals surface area contributed by atoms with Crippen LogP contribution in [0.1, 0.15) is 48.7 Å². The van der Waals surface area contributed by atoms with Gasteiger partial charge in [0, 0.05) is 12.6 Å². The molecular formula is C20H23ClFN3O3. The summed E-state index contributed by atoms with van der Waals surface area (Å²) in [6, 6.07) is 5.78. The first-order valence-corrected chi connectivity index (χ1v) is 9.77. The number of carbonyl (C=O) groups excluding carboxylic acids is 2. The quantitative estimate of drug-likeness (QED) is 0.704. The van der Waals surface area contributed by atoms with Gasteiger partial charge in [-0.15, -0.1) is 0 Å². The second-order valence-electron chi connectivity index (χ2n) is 6.86. The molecule has 1 amide bonds. The van der Waals surface area contributed by atoms with Crippen molar-refractivity contribution in [3.63, 3.8) is 0 Å². The van der Waals surface area contributed by atoms with E-state index in [9.17, 15) is 14.0 Å². The number of carbonyl (C=O) groups is 2. The summed E-state index contributed by atoms with van der Waals surface area (Å²) in [5.74, 6) is -1.28. The third-order valence-corrected chi connectivity index (χ3v) is 5.37. The lowest BCUT2D eigenvalue weighted by Gasteiger charge is -2.35. The second-order valence-corrected chi connectivity index (χ2v) is 7.22. The van der Waals surface area contributed by atoms with Crippen molar-refractivity contribution in [2.75, 3.05) is 13.2 Å². The molecule has 1 fully saturated rings. The molecule has 3 rings (SSSR count). The number of piperidine rings is 1.